The van der Waals surface area contributed by atoms with E-state index in [0.29, 0.717) is 16.6 Å². The van der Waals surface area contributed by atoms with Crippen LogP contribution in [-0.2, 0) is 15.2 Å². The molecule has 0 saturated carbocycles. The van der Waals surface area contributed by atoms with Crippen LogP contribution < -0.4 is 0 Å². The van der Waals surface area contributed by atoms with Crippen molar-refractivity contribution in [1.29, 1.82) is 0 Å². The maximum atomic E-state index is 12.3. The Bertz CT molecular complexity index is 502. The topological polar surface area (TPSA) is 26.3 Å². The largest absolute Gasteiger partial charge is 0.410 e. The minimum Gasteiger partial charge on any atom is -0.410 e. The lowest BCUT2D eigenvalue weighted by Crippen LogP contribution is -2.49. The quantitative estimate of drug-likeness (QED) is 0.545. The van der Waals surface area contributed by atoms with E-state index in [1.165, 1.54) is 0 Å². The van der Waals surface area contributed by atoms with Crippen LogP contribution in [0.3, 0.4) is 0 Å². The minimum atomic E-state index is -1.89. The molecule has 1 aromatic rings. The molecule has 0 spiro atoms. The summed E-state index contributed by atoms with van der Waals surface area (Å²) in [5, 5.41) is 1.76. The van der Waals surface area contributed by atoms with Crippen molar-refractivity contribution >= 4 is 19.1 Å². The second-order valence-corrected chi connectivity index (χ2v) is 13.8. The summed E-state index contributed by atoms with van der Waals surface area (Å²) < 4.78 is 18.9. The number of rotatable bonds is 8. The van der Waals surface area contributed by atoms with Gasteiger partial charge in [0.25, 0.3) is 0 Å². The van der Waals surface area contributed by atoms with E-state index in [1.807, 2.05) is 36.4 Å². The molecule has 0 heterocycles. The third-order valence-electron chi connectivity index (χ3n) is 4.55. The van der Waals surface area contributed by atoms with Gasteiger partial charge in [0.1, 0.15) is 0 Å². The van der Waals surface area contributed by atoms with E-state index in [9.17, 15) is 4.21 Å². The van der Waals surface area contributed by atoms with Gasteiger partial charge in [0, 0.05) is 10.3 Å². The van der Waals surface area contributed by atoms with Gasteiger partial charge in [0.2, 0.25) is 8.32 Å². The molecule has 2 nitrogen and oxygen atoms in total. The first-order valence-electron chi connectivity index (χ1n) is 8.53. The zero-order valence-corrected chi connectivity index (χ0v) is 17.4. The second kappa shape index (κ2) is 8.95. The Labute approximate surface area is 145 Å². The van der Waals surface area contributed by atoms with Crippen LogP contribution >= 0.6 is 0 Å². The Morgan fingerprint density at radius 1 is 0.913 bits per heavy atom. The summed E-state index contributed by atoms with van der Waals surface area (Å²) in [5.74, 6) is 0. The molecule has 0 aliphatic heterocycles. The summed E-state index contributed by atoms with van der Waals surface area (Å²) in [4.78, 5) is 0.830. The van der Waals surface area contributed by atoms with Gasteiger partial charge >= 0.3 is 0 Å². The van der Waals surface area contributed by atoms with Gasteiger partial charge in [-0.15, -0.1) is 0 Å². The van der Waals surface area contributed by atoms with Crippen LogP contribution in [0.4, 0.5) is 0 Å². The third-order valence-corrected chi connectivity index (χ3v) is 11.9. The van der Waals surface area contributed by atoms with Crippen LogP contribution in [0.5, 0.6) is 0 Å². The molecule has 0 aliphatic rings. The van der Waals surface area contributed by atoms with Crippen LogP contribution in [0.25, 0.3) is 0 Å². The van der Waals surface area contributed by atoms with E-state index >= 15 is 0 Å². The summed E-state index contributed by atoms with van der Waals surface area (Å²) >= 11 is 0. The molecule has 23 heavy (non-hydrogen) atoms. The highest BCUT2D eigenvalue weighted by Gasteiger charge is 2.45. The summed E-state index contributed by atoms with van der Waals surface area (Å²) in [7, 11) is -3.00. The fourth-order valence-electron chi connectivity index (χ4n) is 3.58. The third kappa shape index (κ3) is 5.13. The van der Waals surface area contributed by atoms with Gasteiger partial charge < -0.3 is 4.43 Å². The zero-order chi connectivity index (χ0) is 17.6. The fraction of sp³-hybridized carbons (Fsp3) is 0.579. The van der Waals surface area contributed by atoms with Gasteiger partial charge in [-0.25, -0.2) is 4.21 Å². The molecule has 0 amide bonds. The molecular formula is C19H32O2SSi. The van der Waals surface area contributed by atoms with Gasteiger partial charge in [-0.05, 0) is 41.8 Å². The molecule has 1 rings (SSSR count). The van der Waals surface area contributed by atoms with Crippen molar-refractivity contribution in [2.24, 2.45) is 0 Å². The maximum Gasteiger partial charge on any atom is 0.201 e. The molecule has 0 aromatic heterocycles. The van der Waals surface area contributed by atoms with E-state index in [1.54, 1.807) is 5.41 Å². The van der Waals surface area contributed by atoms with Crippen LogP contribution in [-0.4, -0.2) is 18.6 Å². The normalized spacial score (nSPS) is 15.7. The van der Waals surface area contributed by atoms with Gasteiger partial charge in [-0.1, -0.05) is 59.7 Å². The molecule has 0 saturated heterocycles. The molecule has 0 aliphatic carbocycles. The maximum absolute atomic E-state index is 12.3. The molecular weight excluding hydrogens is 320 g/mol. The molecule has 0 N–H and O–H groups in total. The van der Waals surface area contributed by atoms with Crippen LogP contribution in [0.2, 0.25) is 16.6 Å². The Morgan fingerprint density at radius 2 is 1.39 bits per heavy atom. The van der Waals surface area contributed by atoms with Crippen molar-refractivity contribution in [3.8, 4) is 0 Å². The lowest BCUT2D eigenvalue weighted by Gasteiger charge is -2.43. The number of hydrogen-bond acceptors (Lipinski definition) is 2. The van der Waals surface area contributed by atoms with Crippen molar-refractivity contribution in [3.05, 3.63) is 41.8 Å². The zero-order valence-electron chi connectivity index (χ0n) is 15.6. The van der Waals surface area contributed by atoms with E-state index in [4.69, 9.17) is 4.43 Å². The SMILES string of the molecule is CC(C)[Si](O[C@@H](C)/C=C/S(=O)c1ccccc1)(C(C)C)C(C)C. The molecule has 1 aromatic carbocycles. The smallest absolute Gasteiger partial charge is 0.201 e. The highest BCUT2D eigenvalue weighted by molar-refractivity contribution is 7.88. The van der Waals surface area contributed by atoms with Gasteiger partial charge in [0.05, 0.1) is 16.9 Å². The second-order valence-electron chi connectivity index (χ2n) is 7.08. The van der Waals surface area contributed by atoms with Crippen molar-refractivity contribution < 1.29 is 8.63 Å². The average molecular weight is 353 g/mol. The predicted octanol–water partition coefficient (Wildman–Crippen LogP) is 5.89. The molecule has 0 radical (unpaired) electrons. The fourth-order valence-corrected chi connectivity index (χ4v) is 10.1. The van der Waals surface area contributed by atoms with E-state index in [-0.39, 0.29) is 6.10 Å². The average Bonchev–Trinajstić information content (AvgIpc) is 2.50. The van der Waals surface area contributed by atoms with Crippen molar-refractivity contribution in [2.45, 2.75) is 76.1 Å². The standard InChI is InChI=1S/C19H32O2SSi/c1-15(2)23(16(3)4,17(5)6)21-18(7)13-14-22(20)19-11-9-8-10-12-19/h8-18H,1-7H3/b14-13+/t18-,22?/m0/s1. The van der Waals surface area contributed by atoms with Crippen LogP contribution in [0.1, 0.15) is 48.5 Å². The van der Waals surface area contributed by atoms with Crippen molar-refractivity contribution in [1.82, 2.24) is 0 Å². The minimum absolute atomic E-state index is 0.0125. The Kier molecular flexibility index (Phi) is 7.91. The first-order chi connectivity index (χ1) is 10.7. The Hall–Kier alpha value is -0.713. The summed E-state index contributed by atoms with van der Waals surface area (Å²) in [6, 6.07) is 9.54. The monoisotopic (exact) mass is 352 g/mol. The first kappa shape index (κ1) is 20.3. The Balaban J connectivity index is 2.86. The van der Waals surface area contributed by atoms with Crippen LogP contribution in [0, 0.1) is 0 Å². The lowest BCUT2D eigenvalue weighted by atomic mass is 10.4. The Morgan fingerprint density at radius 3 is 1.83 bits per heavy atom. The number of hydrogen-bond donors (Lipinski definition) is 0. The van der Waals surface area contributed by atoms with Crippen molar-refractivity contribution in [3.63, 3.8) is 0 Å². The number of benzene rings is 1. The van der Waals surface area contributed by atoms with E-state index < -0.39 is 19.1 Å². The lowest BCUT2D eigenvalue weighted by molar-refractivity contribution is 0.234. The predicted molar refractivity (Wildman–Crippen MR) is 104 cm³/mol. The molecule has 130 valence electrons. The summed E-state index contributed by atoms with van der Waals surface area (Å²) in [5.41, 5.74) is 1.66. The van der Waals surface area contributed by atoms with Gasteiger partial charge in [-0.2, -0.15) is 0 Å². The van der Waals surface area contributed by atoms with E-state index in [0.717, 1.165) is 4.90 Å². The highest BCUT2D eigenvalue weighted by atomic mass is 32.2. The van der Waals surface area contributed by atoms with Gasteiger partial charge in [0.15, 0.2) is 0 Å². The molecule has 2 atom stereocenters. The molecule has 4 heteroatoms. The molecule has 0 fully saturated rings. The highest BCUT2D eigenvalue weighted by Crippen LogP contribution is 2.43. The molecule has 1 unspecified atom stereocenters. The summed E-state index contributed by atoms with van der Waals surface area (Å²) in [6.07, 6.45) is 1.94. The van der Waals surface area contributed by atoms with Crippen LogP contribution in [0.15, 0.2) is 46.7 Å². The van der Waals surface area contributed by atoms with Gasteiger partial charge in [-0.3, -0.25) is 0 Å². The van der Waals surface area contributed by atoms with E-state index in [2.05, 4.69) is 48.5 Å². The first-order valence-corrected chi connectivity index (χ1v) is 11.9. The van der Waals surface area contributed by atoms with Crippen molar-refractivity contribution in [2.75, 3.05) is 0 Å². The summed E-state index contributed by atoms with van der Waals surface area (Å²) in [6.45, 7) is 15.8. The molecule has 0 bridgehead atoms.